The Kier molecular flexibility index (Phi) is 10.5. The summed E-state index contributed by atoms with van der Waals surface area (Å²) in [6.07, 6.45) is 0. The molecule has 0 spiro atoms. The van der Waals surface area contributed by atoms with E-state index >= 15 is 0 Å². The largest absolute Gasteiger partial charge is 1.00 e. The van der Waals surface area contributed by atoms with E-state index in [9.17, 15) is 46.2 Å². The van der Waals surface area contributed by atoms with Crippen molar-refractivity contribution in [1.82, 2.24) is 0 Å². The molecule has 0 saturated carbocycles. The monoisotopic (exact) mass is 474 g/mol. The quantitative estimate of drug-likeness (QED) is 0.128. The summed E-state index contributed by atoms with van der Waals surface area (Å²) in [4.78, 5) is 18.2. The SMILES string of the molecule is O=[N+]([O-])C(=C(c1ccccc1S(=O)(=O)[O-])[N+](=O)[O-])c1ccccc1S(=O)(=O)[O-].[Na+].[Na+]. The van der Waals surface area contributed by atoms with Gasteiger partial charge in [-0.15, -0.1) is 0 Å². The number of rotatable bonds is 6. The van der Waals surface area contributed by atoms with Crippen molar-refractivity contribution >= 4 is 31.6 Å². The average molecular weight is 474 g/mol. The summed E-state index contributed by atoms with van der Waals surface area (Å²) in [6.45, 7) is 0. The molecule has 2 aromatic rings. The summed E-state index contributed by atoms with van der Waals surface area (Å²) in [7, 11) is -10.6. The maximum Gasteiger partial charge on any atom is 1.00 e. The van der Waals surface area contributed by atoms with Crippen molar-refractivity contribution in [3.05, 3.63) is 79.9 Å². The second-order valence-electron chi connectivity index (χ2n) is 5.11. The van der Waals surface area contributed by atoms with E-state index in [0.29, 0.717) is 12.1 Å². The van der Waals surface area contributed by atoms with Crippen LogP contribution in [-0.4, -0.2) is 35.8 Å². The van der Waals surface area contributed by atoms with Crippen LogP contribution in [0.15, 0.2) is 58.3 Å². The maximum atomic E-state index is 11.6. The van der Waals surface area contributed by atoms with Crippen LogP contribution in [0.3, 0.4) is 0 Å². The van der Waals surface area contributed by atoms with E-state index < -0.39 is 62.4 Å². The van der Waals surface area contributed by atoms with E-state index in [4.69, 9.17) is 0 Å². The molecule has 148 valence electrons. The van der Waals surface area contributed by atoms with Gasteiger partial charge in [0.1, 0.15) is 20.2 Å². The fourth-order valence-corrected chi connectivity index (χ4v) is 3.74. The van der Waals surface area contributed by atoms with Gasteiger partial charge in [0.15, 0.2) is 0 Å². The third-order valence-electron chi connectivity index (χ3n) is 3.41. The van der Waals surface area contributed by atoms with Crippen molar-refractivity contribution in [2.75, 3.05) is 0 Å². The number of hydrogen-bond acceptors (Lipinski definition) is 10. The fraction of sp³-hybridized carbons (Fsp3) is 0. The Labute approximate surface area is 214 Å². The van der Waals surface area contributed by atoms with Crippen LogP contribution >= 0.6 is 0 Å². The van der Waals surface area contributed by atoms with Crippen molar-refractivity contribution in [3.8, 4) is 0 Å². The van der Waals surface area contributed by atoms with E-state index in [-0.39, 0.29) is 59.1 Å². The predicted molar refractivity (Wildman–Crippen MR) is 89.6 cm³/mol. The average Bonchev–Trinajstić information content (AvgIpc) is 2.57. The Bertz CT molecular complexity index is 1130. The summed E-state index contributed by atoms with van der Waals surface area (Å²) in [5.74, 6) is 0. The molecule has 0 aliphatic rings. The Balaban J connectivity index is 0.00000420. The molecule has 0 aliphatic carbocycles. The van der Waals surface area contributed by atoms with Gasteiger partial charge in [0.25, 0.3) is 0 Å². The fourth-order valence-electron chi connectivity index (χ4n) is 2.39. The van der Waals surface area contributed by atoms with Crippen LogP contribution in [0.1, 0.15) is 11.1 Å². The van der Waals surface area contributed by atoms with Gasteiger partial charge >= 0.3 is 70.5 Å². The first-order chi connectivity index (χ1) is 12.9. The number of nitrogens with zero attached hydrogens (tertiary/aromatic N) is 2. The Morgan fingerprint density at radius 3 is 1.13 bits per heavy atom. The van der Waals surface area contributed by atoms with E-state index in [1.165, 1.54) is 0 Å². The van der Waals surface area contributed by atoms with Crippen LogP contribution in [-0.2, 0) is 20.2 Å². The van der Waals surface area contributed by atoms with E-state index in [0.717, 1.165) is 36.4 Å². The second-order valence-corrected chi connectivity index (χ2v) is 7.81. The molecule has 0 radical (unpaired) electrons. The smallest absolute Gasteiger partial charge is 0.744 e. The summed E-state index contributed by atoms with van der Waals surface area (Å²) in [5, 5.41) is 23.2. The molecule has 30 heavy (non-hydrogen) atoms. The summed E-state index contributed by atoms with van der Waals surface area (Å²) >= 11 is 0. The molecule has 0 amide bonds. The molecule has 0 fully saturated rings. The minimum Gasteiger partial charge on any atom is -0.744 e. The number of nitro groups is 2. The van der Waals surface area contributed by atoms with Crippen LogP contribution in [0, 0.1) is 20.2 Å². The van der Waals surface area contributed by atoms with Crippen LogP contribution < -0.4 is 59.1 Å². The standard InChI is InChI=1S/C14H10N2O10S2.2Na/c17-15(18)13(9-5-1-3-7-11(9)27(21,22)23)14(16(19)20)10-6-2-4-8-12(10)28(24,25)26;;/h1-8H,(H,21,22,23)(H,24,25,26);;/q;2*+1/p-2. The van der Waals surface area contributed by atoms with Gasteiger partial charge in [-0.1, -0.05) is 24.3 Å². The molecule has 0 aromatic heterocycles. The molecular weight excluding hydrogens is 466 g/mol. The summed E-state index contributed by atoms with van der Waals surface area (Å²) in [5.41, 5.74) is -4.77. The molecule has 0 unspecified atom stereocenters. The third kappa shape index (κ3) is 6.40. The van der Waals surface area contributed by atoms with Gasteiger partial charge in [-0.25, -0.2) is 16.8 Å². The number of benzene rings is 2. The van der Waals surface area contributed by atoms with Crippen LogP contribution in [0.5, 0.6) is 0 Å². The number of hydrogen-bond donors (Lipinski definition) is 0. The van der Waals surface area contributed by atoms with E-state index in [1.807, 2.05) is 0 Å². The van der Waals surface area contributed by atoms with E-state index in [2.05, 4.69) is 0 Å². The van der Waals surface area contributed by atoms with Gasteiger partial charge in [0, 0.05) is 0 Å². The summed E-state index contributed by atoms with van der Waals surface area (Å²) < 4.78 is 68.5. The Morgan fingerprint density at radius 1 is 0.633 bits per heavy atom. The van der Waals surface area contributed by atoms with Gasteiger partial charge < -0.3 is 9.11 Å². The molecule has 2 aromatic carbocycles. The predicted octanol–water partition coefficient (Wildman–Crippen LogP) is -5.12. The molecule has 0 N–H and O–H groups in total. The minimum absolute atomic E-state index is 0. The van der Waals surface area contributed by atoms with Gasteiger partial charge in [0.2, 0.25) is 0 Å². The molecular formula is C14H8N2Na2O10S2. The first kappa shape index (κ1) is 28.8. The van der Waals surface area contributed by atoms with Crippen molar-refractivity contribution in [3.63, 3.8) is 0 Å². The van der Waals surface area contributed by atoms with Crippen molar-refractivity contribution in [2.24, 2.45) is 0 Å². The molecule has 0 aliphatic heterocycles. The maximum absolute atomic E-state index is 11.6. The third-order valence-corrected chi connectivity index (χ3v) is 5.20. The van der Waals surface area contributed by atoms with Crippen molar-refractivity contribution in [1.29, 1.82) is 0 Å². The molecule has 2 rings (SSSR count). The molecule has 12 nitrogen and oxygen atoms in total. The zero-order chi connectivity index (χ0) is 21.3. The molecule has 0 saturated heterocycles. The van der Waals surface area contributed by atoms with Crippen molar-refractivity contribution < 1.29 is 94.9 Å². The summed E-state index contributed by atoms with van der Waals surface area (Å²) in [6, 6.07) is 7.26. The van der Waals surface area contributed by atoms with E-state index in [1.54, 1.807) is 0 Å². The zero-order valence-corrected chi connectivity index (χ0v) is 21.0. The van der Waals surface area contributed by atoms with Gasteiger partial charge in [-0.2, -0.15) is 0 Å². The van der Waals surface area contributed by atoms with Gasteiger partial charge in [-0.05, 0) is 24.3 Å². The molecule has 0 heterocycles. The Morgan fingerprint density at radius 2 is 0.900 bits per heavy atom. The van der Waals surface area contributed by atoms with Crippen LogP contribution in [0.2, 0.25) is 0 Å². The van der Waals surface area contributed by atoms with Crippen LogP contribution in [0.25, 0.3) is 11.4 Å². The normalized spacial score (nSPS) is 12.1. The molecule has 16 heteroatoms. The first-order valence-electron chi connectivity index (χ1n) is 6.99. The second kappa shape index (κ2) is 10.9. The zero-order valence-electron chi connectivity index (χ0n) is 15.4. The van der Waals surface area contributed by atoms with Crippen LogP contribution in [0.4, 0.5) is 0 Å². The minimum atomic E-state index is -5.28. The molecule has 0 atom stereocenters. The molecule has 0 bridgehead atoms. The van der Waals surface area contributed by atoms with Gasteiger partial charge in [-0.3, -0.25) is 20.2 Å². The Hall–Kier alpha value is -1.20. The van der Waals surface area contributed by atoms with Gasteiger partial charge in [0.05, 0.1) is 30.8 Å². The first-order valence-corrected chi connectivity index (χ1v) is 9.81. The topological polar surface area (TPSA) is 201 Å². The van der Waals surface area contributed by atoms with Crippen molar-refractivity contribution in [2.45, 2.75) is 9.79 Å².